The van der Waals surface area contributed by atoms with Crippen molar-refractivity contribution in [1.82, 2.24) is 15.5 Å². The third-order valence-corrected chi connectivity index (χ3v) is 2.94. The van der Waals surface area contributed by atoms with Crippen molar-refractivity contribution < 1.29 is 14.3 Å². The van der Waals surface area contributed by atoms with E-state index in [4.69, 9.17) is 4.74 Å². The Morgan fingerprint density at radius 2 is 1.85 bits per heavy atom. The highest BCUT2D eigenvalue weighted by Crippen LogP contribution is 2.08. The number of rotatable bonds is 6. The fourth-order valence-electron chi connectivity index (χ4n) is 1.98. The molecule has 0 spiro atoms. The van der Waals surface area contributed by atoms with Crippen molar-refractivity contribution in [3.63, 3.8) is 0 Å². The molecule has 6 heteroatoms. The molecule has 1 heterocycles. The van der Waals surface area contributed by atoms with E-state index in [0.717, 1.165) is 32.7 Å². The van der Waals surface area contributed by atoms with Crippen LogP contribution in [0.2, 0.25) is 0 Å². The summed E-state index contributed by atoms with van der Waals surface area (Å²) in [7, 11) is 0. The van der Waals surface area contributed by atoms with Gasteiger partial charge in [0.05, 0.1) is 6.42 Å². The van der Waals surface area contributed by atoms with Crippen molar-refractivity contribution in [1.29, 1.82) is 0 Å². The minimum absolute atomic E-state index is 0.0917. The first-order valence-corrected chi connectivity index (χ1v) is 7.28. The summed E-state index contributed by atoms with van der Waals surface area (Å²) in [5.74, 6) is -0.416. The van der Waals surface area contributed by atoms with Crippen LogP contribution in [0.4, 0.5) is 0 Å². The number of nitrogens with zero attached hydrogens (tertiary/aromatic N) is 1. The Balaban J connectivity index is 2.06. The van der Waals surface area contributed by atoms with E-state index in [1.54, 1.807) is 0 Å². The minimum Gasteiger partial charge on any atom is -0.460 e. The molecule has 0 atom stereocenters. The summed E-state index contributed by atoms with van der Waals surface area (Å²) in [4.78, 5) is 25.4. The van der Waals surface area contributed by atoms with E-state index >= 15 is 0 Å². The summed E-state index contributed by atoms with van der Waals surface area (Å²) in [6, 6.07) is 0. The molecule has 1 fully saturated rings. The van der Waals surface area contributed by atoms with Crippen LogP contribution < -0.4 is 10.6 Å². The van der Waals surface area contributed by atoms with E-state index in [0.29, 0.717) is 6.54 Å². The van der Waals surface area contributed by atoms with Gasteiger partial charge in [0.1, 0.15) is 5.60 Å². The quantitative estimate of drug-likeness (QED) is 0.679. The molecule has 6 nitrogen and oxygen atoms in total. The normalized spacial score (nSPS) is 16.8. The van der Waals surface area contributed by atoms with Crippen LogP contribution >= 0.6 is 0 Å². The van der Waals surface area contributed by atoms with E-state index in [2.05, 4.69) is 15.5 Å². The Morgan fingerprint density at radius 3 is 2.45 bits per heavy atom. The summed E-state index contributed by atoms with van der Waals surface area (Å²) < 4.78 is 5.15. The lowest BCUT2D eigenvalue weighted by atomic mass is 10.2. The molecule has 1 aliphatic rings. The van der Waals surface area contributed by atoms with Gasteiger partial charge in [-0.1, -0.05) is 0 Å². The van der Waals surface area contributed by atoms with Gasteiger partial charge in [0.2, 0.25) is 5.91 Å². The van der Waals surface area contributed by atoms with Crippen LogP contribution in [0.25, 0.3) is 0 Å². The van der Waals surface area contributed by atoms with Gasteiger partial charge in [0, 0.05) is 45.7 Å². The molecule has 0 radical (unpaired) electrons. The molecule has 0 aromatic rings. The Hall–Kier alpha value is -1.14. The SMILES string of the molecule is CC(C)(C)OC(=O)CCC(=O)NCCN1CCNCC1. The Labute approximate surface area is 121 Å². The van der Waals surface area contributed by atoms with Crippen LogP contribution in [0.3, 0.4) is 0 Å². The van der Waals surface area contributed by atoms with Crippen LogP contribution in [0.15, 0.2) is 0 Å². The number of nitrogens with one attached hydrogen (secondary N) is 2. The maximum atomic E-state index is 11.6. The number of hydrogen-bond acceptors (Lipinski definition) is 5. The maximum Gasteiger partial charge on any atom is 0.306 e. The van der Waals surface area contributed by atoms with Crippen LogP contribution in [0, 0.1) is 0 Å². The van der Waals surface area contributed by atoms with E-state index in [1.165, 1.54) is 0 Å². The van der Waals surface area contributed by atoms with Gasteiger partial charge in [-0.15, -0.1) is 0 Å². The van der Waals surface area contributed by atoms with Crippen LogP contribution in [-0.4, -0.2) is 61.6 Å². The molecule has 2 N–H and O–H groups in total. The average molecular weight is 285 g/mol. The van der Waals surface area contributed by atoms with Crippen molar-refractivity contribution in [2.75, 3.05) is 39.3 Å². The van der Waals surface area contributed by atoms with Crippen LogP contribution in [-0.2, 0) is 14.3 Å². The molecule has 116 valence electrons. The van der Waals surface area contributed by atoms with E-state index in [9.17, 15) is 9.59 Å². The van der Waals surface area contributed by atoms with Gasteiger partial charge in [-0.2, -0.15) is 0 Å². The summed E-state index contributed by atoms with van der Waals surface area (Å²) >= 11 is 0. The molecule has 20 heavy (non-hydrogen) atoms. The zero-order chi connectivity index (χ0) is 15.0. The first kappa shape index (κ1) is 16.9. The van der Waals surface area contributed by atoms with E-state index in [-0.39, 0.29) is 24.7 Å². The third kappa shape index (κ3) is 8.12. The number of hydrogen-bond donors (Lipinski definition) is 2. The smallest absolute Gasteiger partial charge is 0.306 e. The fourth-order valence-corrected chi connectivity index (χ4v) is 1.98. The van der Waals surface area contributed by atoms with Gasteiger partial charge in [0.15, 0.2) is 0 Å². The van der Waals surface area contributed by atoms with Crippen molar-refractivity contribution in [2.24, 2.45) is 0 Å². The van der Waals surface area contributed by atoms with Crippen molar-refractivity contribution in [3.05, 3.63) is 0 Å². The lowest BCUT2D eigenvalue weighted by molar-refractivity contribution is -0.155. The molecule has 1 rings (SSSR count). The first-order chi connectivity index (χ1) is 9.37. The van der Waals surface area contributed by atoms with Gasteiger partial charge in [-0.25, -0.2) is 0 Å². The molecular weight excluding hydrogens is 258 g/mol. The predicted molar refractivity (Wildman–Crippen MR) is 77.4 cm³/mol. The molecule has 0 aliphatic carbocycles. The Morgan fingerprint density at radius 1 is 1.20 bits per heavy atom. The van der Waals surface area contributed by atoms with E-state index < -0.39 is 5.60 Å². The maximum absolute atomic E-state index is 11.6. The standard InChI is InChI=1S/C14H27N3O3/c1-14(2,3)20-13(19)5-4-12(18)16-8-11-17-9-6-15-7-10-17/h15H,4-11H2,1-3H3,(H,16,18). The monoisotopic (exact) mass is 285 g/mol. The molecule has 0 aromatic carbocycles. The largest absolute Gasteiger partial charge is 0.460 e. The highest BCUT2D eigenvalue weighted by Gasteiger charge is 2.17. The van der Waals surface area contributed by atoms with Crippen LogP contribution in [0.5, 0.6) is 0 Å². The number of ether oxygens (including phenoxy) is 1. The average Bonchev–Trinajstić information content (AvgIpc) is 2.36. The second-order valence-electron chi connectivity index (χ2n) is 6.03. The van der Waals surface area contributed by atoms with Crippen molar-refractivity contribution >= 4 is 11.9 Å². The number of piperazine rings is 1. The minimum atomic E-state index is -0.490. The highest BCUT2D eigenvalue weighted by molar-refractivity contribution is 5.81. The van der Waals surface area contributed by atoms with Crippen molar-refractivity contribution in [3.8, 4) is 0 Å². The number of esters is 1. The first-order valence-electron chi connectivity index (χ1n) is 7.28. The summed E-state index contributed by atoms with van der Waals surface area (Å²) in [5, 5.41) is 6.12. The molecule has 0 saturated carbocycles. The van der Waals surface area contributed by atoms with Gasteiger partial charge in [-0.3, -0.25) is 14.5 Å². The molecular formula is C14H27N3O3. The fraction of sp³-hybridized carbons (Fsp3) is 0.857. The second-order valence-corrected chi connectivity index (χ2v) is 6.03. The van der Waals surface area contributed by atoms with Crippen LogP contribution in [0.1, 0.15) is 33.6 Å². The van der Waals surface area contributed by atoms with Gasteiger partial charge < -0.3 is 15.4 Å². The lowest BCUT2D eigenvalue weighted by Gasteiger charge is -2.27. The molecule has 0 aromatic heterocycles. The Kier molecular flexibility index (Phi) is 6.95. The molecule has 1 saturated heterocycles. The van der Waals surface area contributed by atoms with Gasteiger partial charge >= 0.3 is 5.97 Å². The topological polar surface area (TPSA) is 70.7 Å². The third-order valence-electron chi connectivity index (χ3n) is 2.94. The Bertz CT molecular complexity index is 320. The van der Waals surface area contributed by atoms with Gasteiger partial charge in [-0.05, 0) is 20.8 Å². The van der Waals surface area contributed by atoms with E-state index in [1.807, 2.05) is 20.8 Å². The number of carbonyl (C=O) groups excluding carboxylic acids is 2. The summed E-state index contributed by atoms with van der Waals surface area (Å²) in [6.45, 7) is 11.0. The highest BCUT2D eigenvalue weighted by atomic mass is 16.6. The number of amides is 1. The zero-order valence-electron chi connectivity index (χ0n) is 12.8. The lowest BCUT2D eigenvalue weighted by Crippen LogP contribution is -2.46. The predicted octanol–water partition coefficient (Wildman–Crippen LogP) is 0.130. The van der Waals surface area contributed by atoms with Crippen molar-refractivity contribution in [2.45, 2.75) is 39.2 Å². The van der Waals surface area contributed by atoms with Gasteiger partial charge in [0.25, 0.3) is 0 Å². The zero-order valence-corrected chi connectivity index (χ0v) is 12.8. The molecule has 1 amide bonds. The second kappa shape index (κ2) is 8.21. The molecule has 0 bridgehead atoms. The number of carbonyl (C=O) groups is 2. The molecule has 1 aliphatic heterocycles. The molecule has 0 unspecified atom stereocenters. The summed E-state index contributed by atoms with van der Waals surface area (Å²) in [5.41, 5.74) is -0.490. The summed E-state index contributed by atoms with van der Waals surface area (Å²) in [6.07, 6.45) is 0.327.